The molecule has 5 nitrogen and oxygen atoms in total. The van der Waals surface area contributed by atoms with Gasteiger partial charge in [-0.05, 0) is 42.0 Å². The molecule has 0 aliphatic carbocycles. The van der Waals surface area contributed by atoms with E-state index in [4.69, 9.17) is 11.6 Å². The van der Waals surface area contributed by atoms with Crippen molar-refractivity contribution in [3.63, 3.8) is 0 Å². The van der Waals surface area contributed by atoms with Crippen molar-refractivity contribution < 1.29 is 18.0 Å². The molecule has 0 saturated carbocycles. The highest BCUT2D eigenvalue weighted by atomic mass is 35.5. The van der Waals surface area contributed by atoms with Gasteiger partial charge < -0.3 is 10.6 Å². The Morgan fingerprint density at radius 2 is 1.75 bits per heavy atom. The summed E-state index contributed by atoms with van der Waals surface area (Å²) in [5.41, 5.74) is -0.461. The van der Waals surface area contributed by atoms with Crippen LogP contribution >= 0.6 is 11.6 Å². The highest BCUT2D eigenvalue weighted by Gasteiger charge is 2.37. The van der Waals surface area contributed by atoms with Gasteiger partial charge in [0.1, 0.15) is 0 Å². The minimum absolute atomic E-state index is 0.321. The molecule has 0 bridgehead atoms. The van der Waals surface area contributed by atoms with Gasteiger partial charge in [0.2, 0.25) is 0 Å². The highest BCUT2D eigenvalue weighted by molar-refractivity contribution is 6.30. The molecule has 2 heterocycles. The number of urea groups is 1. The maximum Gasteiger partial charge on any atom is 0.418 e. The Labute approximate surface area is 163 Å². The van der Waals surface area contributed by atoms with E-state index in [0.717, 1.165) is 6.07 Å². The molecule has 1 aromatic carbocycles. The van der Waals surface area contributed by atoms with Gasteiger partial charge in [-0.15, -0.1) is 0 Å². The van der Waals surface area contributed by atoms with E-state index in [1.807, 2.05) is 0 Å². The zero-order valence-corrected chi connectivity index (χ0v) is 15.0. The van der Waals surface area contributed by atoms with E-state index in [1.54, 1.807) is 12.1 Å². The predicted molar refractivity (Wildman–Crippen MR) is 98.9 cm³/mol. The molecule has 3 rings (SSSR count). The number of anilines is 1. The summed E-state index contributed by atoms with van der Waals surface area (Å²) >= 11 is 5.88. The molecule has 9 heteroatoms. The van der Waals surface area contributed by atoms with Crippen LogP contribution in [0.5, 0.6) is 0 Å². The van der Waals surface area contributed by atoms with Gasteiger partial charge in [0.15, 0.2) is 0 Å². The molecule has 1 atom stereocenters. The van der Waals surface area contributed by atoms with Crippen molar-refractivity contribution in [2.75, 3.05) is 5.32 Å². The first-order chi connectivity index (χ1) is 13.3. The van der Waals surface area contributed by atoms with Crippen molar-refractivity contribution >= 4 is 23.3 Å². The first-order valence-electron chi connectivity index (χ1n) is 8.10. The number of rotatable bonds is 4. The molecule has 0 spiro atoms. The maximum atomic E-state index is 13.5. The maximum absolute atomic E-state index is 13.5. The Morgan fingerprint density at radius 3 is 2.39 bits per heavy atom. The zero-order chi connectivity index (χ0) is 20.1. The van der Waals surface area contributed by atoms with Crippen molar-refractivity contribution in [3.05, 3.63) is 89.0 Å². The van der Waals surface area contributed by atoms with Crippen LogP contribution in [-0.4, -0.2) is 16.0 Å². The number of benzene rings is 1. The molecular formula is C19H14ClF3N4O. The smallest absolute Gasteiger partial charge is 0.325 e. The van der Waals surface area contributed by atoms with Gasteiger partial charge >= 0.3 is 12.2 Å². The van der Waals surface area contributed by atoms with E-state index in [9.17, 15) is 18.0 Å². The quantitative estimate of drug-likeness (QED) is 0.636. The van der Waals surface area contributed by atoms with Crippen LogP contribution in [0.3, 0.4) is 0 Å². The summed E-state index contributed by atoms with van der Waals surface area (Å²) in [6.07, 6.45) is -0.439. The first kappa shape index (κ1) is 19.6. The Morgan fingerprint density at radius 1 is 1.04 bits per heavy atom. The summed E-state index contributed by atoms with van der Waals surface area (Å²) in [6.45, 7) is 0. The summed E-state index contributed by atoms with van der Waals surface area (Å²) < 4.78 is 40.4. The van der Waals surface area contributed by atoms with E-state index in [2.05, 4.69) is 20.6 Å². The standard InChI is InChI=1S/C19H14ClF3N4O/c20-13-7-5-12(6-8-13)16(17-15(19(21,22)23)4-2-10-25-17)27-18(28)26-14-3-1-9-24-11-14/h1-11,16H,(H2,26,27,28). The molecule has 0 aliphatic heterocycles. The molecule has 144 valence electrons. The van der Waals surface area contributed by atoms with Crippen LogP contribution in [0.15, 0.2) is 67.1 Å². The SMILES string of the molecule is O=C(Nc1cccnc1)NC(c1ccc(Cl)cc1)c1ncccc1C(F)(F)F. The Bertz CT molecular complexity index is 949. The van der Waals surface area contributed by atoms with Gasteiger partial charge in [-0.2, -0.15) is 13.2 Å². The average molecular weight is 407 g/mol. The predicted octanol–water partition coefficient (Wildman–Crippen LogP) is 5.06. The first-order valence-corrected chi connectivity index (χ1v) is 8.47. The fourth-order valence-corrected chi connectivity index (χ4v) is 2.71. The number of halogens is 4. The Balaban J connectivity index is 1.97. The monoisotopic (exact) mass is 406 g/mol. The molecule has 28 heavy (non-hydrogen) atoms. The van der Waals surface area contributed by atoms with E-state index in [0.29, 0.717) is 16.3 Å². The average Bonchev–Trinajstić information content (AvgIpc) is 2.67. The molecule has 0 saturated heterocycles. The molecule has 0 aliphatic rings. The van der Waals surface area contributed by atoms with Crippen LogP contribution in [0.1, 0.15) is 22.9 Å². The largest absolute Gasteiger partial charge is 0.418 e. The number of nitrogens with zero attached hydrogens (tertiary/aromatic N) is 2. The van der Waals surface area contributed by atoms with Crippen LogP contribution < -0.4 is 10.6 Å². The number of hydrogen-bond donors (Lipinski definition) is 2. The van der Waals surface area contributed by atoms with Crippen molar-refractivity contribution in [1.82, 2.24) is 15.3 Å². The van der Waals surface area contributed by atoms with Crippen LogP contribution in [0.25, 0.3) is 0 Å². The van der Waals surface area contributed by atoms with Crippen LogP contribution in [0.4, 0.5) is 23.7 Å². The third kappa shape index (κ3) is 4.77. The molecule has 3 aromatic rings. The second kappa shape index (κ2) is 8.26. The normalized spacial score (nSPS) is 12.3. The third-order valence-corrected chi connectivity index (χ3v) is 4.07. The topological polar surface area (TPSA) is 66.9 Å². The van der Waals surface area contributed by atoms with Gasteiger partial charge in [-0.3, -0.25) is 9.97 Å². The molecular weight excluding hydrogens is 393 g/mol. The van der Waals surface area contributed by atoms with Crippen molar-refractivity contribution in [2.24, 2.45) is 0 Å². The van der Waals surface area contributed by atoms with Gasteiger partial charge in [0.25, 0.3) is 0 Å². The summed E-state index contributed by atoms with van der Waals surface area (Å²) in [4.78, 5) is 20.2. The highest BCUT2D eigenvalue weighted by Crippen LogP contribution is 2.35. The van der Waals surface area contributed by atoms with Crippen LogP contribution in [0.2, 0.25) is 5.02 Å². The lowest BCUT2D eigenvalue weighted by molar-refractivity contribution is -0.138. The summed E-state index contributed by atoms with van der Waals surface area (Å²) in [5, 5.41) is 5.50. The number of aromatic nitrogens is 2. The molecule has 0 fully saturated rings. The van der Waals surface area contributed by atoms with Crippen molar-refractivity contribution in [2.45, 2.75) is 12.2 Å². The molecule has 2 aromatic heterocycles. The number of carbonyl (C=O) groups excluding carboxylic acids is 1. The number of pyridine rings is 2. The lowest BCUT2D eigenvalue weighted by atomic mass is 9.99. The summed E-state index contributed by atoms with van der Waals surface area (Å²) in [7, 11) is 0. The van der Waals surface area contributed by atoms with Gasteiger partial charge in [-0.25, -0.2) is 4.79 Å². The van der Waals surface area contributed by atoms with Gasteiger partial charge in [0.05, 0.1) is 29.2 Å². The van der Waals surface area contributed by atoms with E-state index in [-0.39, 0.29) is 5.69 Å². The third-order valence-electron chi connectivity index (χ3n) is 3.82. The summed E-state index contributed by atoms with van der Waals surface area (Å²) in [5.74, 6) is 0. The number of carbonyl (C=O) groups is 1. The lowest BCUT2D eigenvalue weighted by Crippen LogP contribution is -2.34. The second-order valence-electron chi connectivity index (χ2n) is 5.76. The Kier molecular flexibility index (Phi) is 5.79. The molecule has 0 radical (unpaired) electrons. The van der Waals surface area contributed by atoms with Crippen LogP contribution in [0, 0.1) is 0 Å². The lowest BCUT2D eigenvalue weighted by Gasteiger charge is -2.22. The molecule has 1 unspecified atom stereocenters. The minimum atomic E-state index is -4.63. The minimum Gasteiger partial charge on any atom is -0.325 e. The van der Waals surface area contributed by atoms with E-state index in [1.165, 1.54) is 48.9 Å². The number of amides is 2. The van der Waals surface area contributed by atoms with Crippen molar-refractivity contribution in [3.8, 4) is 0 Å². The Hall–Kier alpha value is -3.13. The van der Waals surface area contributed by atoms with Crippen LogP contribution in [-0.2, 0) is 6.18 Å². The van der Waals surface area contributed by atoms with Gasteiger partial charge in [0, 0.05) is 17.4 Å². The number of nitrogens with one attached hydrogen (secondary N) is 2. The second-order valence-corrected chi connectivity index (χ2v) is 6.20. The van der Waals surface area contributed by atoms with Gasteiger partial charge in [-0.1, -0.05) is 23.7 Å². The van der Waals surface area contributed by atoms with Crippen molar-refractivity contribution in [1.29, 1.82) is 0 Å². The van der Waals surface area contributed by atoms with E-state index >= 15 is 0 Å². The fraction of sp³-hybridized carbons (Fsp3) is 0.105. The summed E-state index contributed by atoms with van der Waals surface area (Å²) in [6, 6.07) is 9.62. The zero-order valence-electron chi connectivity index (χ0n) is 14.2. The fourth-order valence-electron chi connectivity index (χ4n) is 2.59. The molecule has 2 N–H and O–H groups in total. The van der Waals surface area contributed by atoms with E-state index < -0.39 is 23.8 Å². The molecule has 2 amide bonds. The number of alkyl halides is 3. The number of hydrogen-bond acceptors (Lipinski definition) is 3.